The molecule has 0 radical (unpaired) electrons. The van der Waals surface area contributed by atoms with Crippen LogP contribution in [0.1, 0.15) is 15.9 Å². The Balaban J connectivity index is 1.87. The van der Waals surface area contributed by atoms with Gasteiger partial charge in [-0.3, -0.25) is 4.79 Å². The summed E-state index contributed by atoms with van der Waals surface area (Å²) in [5, 5.41) is 2.85. The summed E-state index contributed by atoms with van der Waals surface area (Å²) in [4.78, 5) is 25.5. The lowest BCUT2D eigenvalue weighted by Crippen LogP contribution is -2.25. The van der Waals surface area contributed by atoms with E-state index in [1.54, 1.807) is 24.3 Å². The Kier molecular flexibility index (Phi) is 4.81. The van der Waals surface area contributed by atoms with Crippen LogP contribution in [-0.4, -0.2) is 18.5 Å². The van der Waals surface area contributed by atoms with Gasteiger partial charge in [-0.1, -0.05) is 30.3 Å². The first-order valence-corrected chi connectivity index (χ1v) is 6.29. The van der Waals surface area contributed by atoms with Crippen molar-refractivity contribution in [3.63, 3.8) is 0 Å². The fourth-order valence-corrected chi connectivity index (χ4v) is 1.81. The predicted molar refractivity (Wildman–Crippen MR) is 76.7 cm³/mol. The van der Waals surface area contributed by atoms with Crippen LogP contribution in [0.2, 0.25) is 0 Å². The third kappa shape index (κ3) is 3.90. The molecule has 4 heteroatoms. The lowest BCUT2D eigenvalue weighted by atomic mass is 10.1. The standard InChI is InChI=1S/C16H14N2O2/c19-12-18-15-8-6-14(7-9-15)16(20)17-11-10-13-4-2-1-3-5-13/h1-9H,10-11H2,(H,17,20). The van der Waals surface area contributed by atoms with Gasteiger partial charge in [0.2, 0.25) is 6.08 Å². The number of aliphatic imine (C=N–C) groups is 1. The van der Waals surface area contributed by atoms with Gasteiger partial charge in [-0.25, -0.2) is 4.79 Å². The highest BCUT2D eigenvalue weighted by atomic mass is 16.1. The summed E-state index contributed by atoms with van der Waals surface area (Å²) in [6.45, 7) is 0.580. The van der Waals surface area contributed by atoms with Crippen molar-refractivity contribution in [2.45, 2.75) is 6.42 Å². The van der Waals surface area contributed by atoms with E-state index in [0.717, 1.165) is 6.42 Å². The molecule has 0 atom stereocenters. The zero-order valence-electron chi connectivity index (χ0n) is 10.9. The topological polar surface area (TPSA) is 58.5 Å². The third-order valence-corrected chi connectivity index (χ3v) is 2.85. The third-order valence-electron chi connectivity index (χ3n) is 2.85. The average Bonchev–Trinajstić information content (AvgIpc) is 2.49. The molecule has 4 nitrogen and oxygen atoms in total. The number of isocyanates is 1. The lowest BCUT2D eigenvalue weighted by molar-refractivity contribution is 0.0954. The summed E-state index contributed by atoms with van der Waals surface area (Å²) in [5.74, 6) is -0.137. The fraction of sp³-hybridized carbons (Fsp3) is 0.125. The van der Waals surface area contributed by atoms with Crippen LogP contribution in [0.3, 0.4) is 0 Å². The van der Waals surface area contributed by atoms with Crippen molar-refractivity contribution in [3.8, 4) is 0 Å². The molecular weight excluding hydrogens is 252 g/mol. The molecule has 2 rings (SSSR count). The fourth-order valence-electron chi connectivity index (χ4n) is 1.81. The van der Waals surface area contributed by atoms with E-state index in [9.17, 15) is 9.59 Å². The number of carbonyl (C=O) groups excluding carboxylic acids is 2. The monoisotopic (exact) mass is 266 g/mol. The summed E-state index contributed by atoms with van der Waals surface area (Å²) in [6, 6.07) is 16.4. The smallest absolute Gasteiger partial charge is 0.251 e. The van der Waals surface area contributed by atoms with E-state index in [1.807, 2.05) is 30.3 Å². The van der Waals surface area contributed by atoms with E-state index in [0.29, 0.717) is 17.8 Å². The van der Waals surface area contributed by atoms with Gasteiger partial charge < -0.3 is 5.32 Å². The van der Waals surface area contributed by atoms with Gasteiger partial charge in [0, 0.05) is 12.1 Å². The average molecular weight is 266 g/mol. The summed E-state index contributed by atoms with van der Waals surface area (Å²) >= 11 is 0. The van der Waals surface area contributed by atoms with Crippen LogP contribution in [0.4, 0.5) is 5.69 Å². The molecule has 0 bridgehead atoms. The Bertz CT molecular complexity index is 615. The minimum atomic E-state index is -0.137. The second kappa shape index (κ2) is 7.02. The Labute approximate surface area is 117 Å². The molecule has 2 aromatic rings. The highest BCUT2D eigenvalue weighted by Gasteiger charge is 2.04. The first-order valence-electron chi connectivity index (χ1n) is 6.29. The van der Waals surface area contributed by atoms with Crippen molar-refractivity contribution >= 4 is 17.7 Å². The largest absolute Gasteiger partial charge is 0.352 e. The van der Waals surface area contributed by atoms with Crippen LogP contribution in [0.15, 0.2) is 59.6 Å². The molecule has 2 aromatic carbocycles. The van der Waals surface area contributed by atoms with Crippen molar-refractivity contribution in [2.24, 2.45) is 4.99 Å². The number of benzene rings is 2. The van der Waals surface area contributed by atoms with Gasteiger partial charge in [0.25, 0.3) is 5.91 Å². The number of carbonyl (C=O) groups is 1. The second-order valence-electron chi connectivity index (χ2n) is 4.24. The lowest BCUT2D eigenvalue weighted by Gasteiger charge is -2.05. The number of nitrogens with zero attached hydrogens (tertiary/aromatic N) is 1. The zero-order valence-corrected chi connectivity index (χ0v) is 10.9. The molecule has 0 heterocycles. The minimum absolute atomic E-state index is 0.137. The minimum Gasteiger partial charge on any atom is -0.352 e. The highest BCUT2D eigenvalue weighted by Crippen LogP contribution is 2.11. The van der Waals surface area contributed by atoms with Crippen LogP contribution in [0.5, 0.6) is 0 Å². The molecule has 100 valence electrons. The molecule has 0 saturated heterocycles. The molecule has 0 aliphatic carbocycles. The van der Waals surface area contributed by atoms with Gasteiger partial charge in [0.1, 0.15) is 0 Å². The van der Waals surface area contributed by atoms with Crippen molar-refractivity contribution < 1.29 is 9.59 Å². The number of amides is 1. The summed E-state index contributed by atoms with van der Waals surface area (Å²) in [7, 11) is 0. The van der Waals surface area contributed by atoms with Crippen molar-refractivity contribution in [1.82, 2.24) is 5.32 Å². The Morgan fingerprint density at radius 2 is 1.75 bits per heavy atom. The van der Waals surface area contributed by atoms with Crippen molar-refractivity contribution in [1.29, 1.82) is 0 Å². The van der Waals surface area contributed by atoms with Gasteiger partial charge in [-0.2, -0.15) is 4.99 Å². The van der Waals surface area contributed by atoms with Crippen molar-refractivity contribution in [2.75, 3.05) is 6.54 Å². The van der Waals surface area contributed by atoms with E-state index in [2.05, 4.69) is 10.3 Å². The van der Waals surface area contributed by atoms with Gasteiger partial charge in [0.05, 0.1) is 5.69 Å². The van der Waals surface area contributed by atoms with E-state index in [-0.39, 0.29) is 5.91 Å². The summed E-state index contributed by atoms with van der Waals surface area (Å²) < 4.78 is 0. The highest BCUT2D eigenvalue weighted by molar-refractivity contribution is 5.94. The van der Waals surface area contributed by atoms with Gasteiger partial charge in [-0.15, -0.1) is 0 Å². The maximum Gasteiger partial charge on any atom is 0.251 e. The zero-order chi connectivity index (χ0) is 14.2. The molecule has 0 aliphatic rings. The molecule has 0 spiro atoms. The molecular formula is C16H14N2O2. The van der Waals surface area contributed by atoms with Crippen LogP contribution in [0.25, 0.3) is 0 Å². The molecule has 0 aromatic heterocycles. The predicted octanol–water partition coefficient (Wildman–Crippen LogP) is 2.63. The van der Waals surface area contributed by atoms with Gasteiger partial charge in [0.15, 0.2) is 0 Å². The Morgan fingerprint density at radius 1 is 1.05 bits per heavy atom. The number of nitrogens with one attached hydrogen (secondary N) is 1. The van der Waals surface area contributed by atoms with Gasteiger partial charge >= 0.3 is 0 Å². The normalized spacial score (nSPS) is 9.60. The van der Waals surface area contributed by atoms with Gasteiger partial charge in [-0.05, 0) is 36.2 Å². The number of hydrogen-bond donors (Lipinski definition) is 1. The van der Waals surface area contributed by atoms with E-state index in [1.165, 1.54) is 11.6 Å². The summed E-state index contributed by atoms with van der Waals surface area (Å²) in [6.07, 6.45) is 2.25. The second-order valence-corrected chi connectivity index (χ2v) is 4.24. The number of rotatable bonds is 5. The first kappa shape index (κ1) is 13.7. The molecule has 20 heavy (non-hydrogen) atoms. The van der Waals surface area contributed by atoms with Crippen LogP contribution in [0, 0.1) is 0 Å². The maximum absolute atomic E-state index is 11.9. The molecule has 0 fully saturated rings. The van der Waals surface area contributed by atoms with E-state index in [4.69, 9.17) is 0 Å². The summed E-state index contributed by atoms with van der Waals surface area (Å²) in [5.41, 5.74) is 2.22. The Hall–Kier alpha value is -2.71. The van der Waals surface area contributed by atoms with Crippen molar-refractivity contribution in [3.05, 3.63) is 65.7 Å². The maximum atomic E-state index is 11.9. The SMILES string of the molecule is O=C=Nc1ccc(C(=O)NCCc2ccccc2)cc1. The van der Waals surface area contributed by atoms with Crippen LogP contribution >= 0.6 is 0 Å². The molecule has 1 amide bonds. The quantitative estimate of drug-likeness (QED) is 0.668. The first-order chi connectivity index (χ1) is 9.79. The van der Waals surface area contributed by atoms with E-state index >= 15 is 0 Å². The van der Waals surface area contributed by atoms with E-state index < -0.39 is 0 Å². The molecule has 1 N–H and O–H groups in total. The molecule has 0 saturated carbocycles. The molecule has 0 aliphatic heterocycles. The van der Waals surface area contributed by atoms with Crippen LogP contribution < -0.4 is 5.32 Å². The molecule has 0 unspecified atom stereocenters. The number of hydrogen-bond acceptors (Lipinski definition) is 3. The Morgan fingerprint density at radius 3 is 2.40 bits per heavy atom. The van der Waals surface area contributed by atoms with Crippen LogP contribution in [-0.2, 0) is 11.2 Å².